The fourth-order valence-electron chi connectivity index (χ4n) is 1.39. The third kappa shape index (κ3) is 3.95. The number of hydrogen-bond donors (Lipinski definition) is 0. The van der Waals surface area contributed by atoms with Crippen LogP contribution in [0, 0.1) is 0 Å². The molecule has 1 atom stereocenters. The molecule has 0 heterocycles. The normalized spacial score (nSPS) is 12.3. The van der Waals surface area contributed by atoms with Gasteiger partial charge in [0.1, 0.15) is 0 Å². The van der Waals surface area contributed by atoms with Crippen molar-refractivity contribution in [2.75, 3.05) is 6.54 Å². The molecule has 0 rings (SSSR count). The van der Waals surface area contributed by atoms with E-state index in [0.29, 0.717) is 12.5 Å². The quantitative estimate of drug-likeness (QED) is 0.599. The van der Waals surface area contributed by atoms with E-state index in [-0.39, 0.29) is 5.91 Å². The summed E-state index contributed by atoms with van der Waals surface area (Å²) in [5.41, 5.74) is 1.02. The van der Waals surface area contributed by atoms with Gasteiger partial charge >= 0.3 is 0 Å². The Balaban J connectivity index is 4.24. The van der Waals surface area contributed by atoms with Crippen molar-refractivity contribution in [3.8, 4) is 0 Å². The summed E-state index contributed by atoms with van der Waals surface area (Å²) in [5, 5.41) is 0. The molecule has 0 aliphatic carbocycles. The Kier molecular flexibility index (Phi) is 6.26. The lowest BCUT2D eigenvalue weighted by molar-refractivity contribution is -0.132. The first-order chi connectivity index (χ1) is 6.56. The number of rotatable bonds is 6. The SMILES string of the molecule is C=C(CC)CC(=O)N(CC)C(C)CC. The first-order valence-electron chi connectivity index (χ1n) is 5.52. The number of carbonyl (C=O) groups excluding carboxylic acids is 1. The van der Waals surface area contributed by atoms with Gasteiger partial charge in [0.25, 0.3) is 0 Å². The molecule has 14 heavy (non-hydrogen) atoms. The van der Waals surface area contributed by atoms with E-state index in [1.807, 2.05) is 18.7 Å². The van der Waals surface area contributed by atoms with Gasteiger partial charge in [-0.3, -0.25) is 4.79 Å². The standard InChI is InChI=1S/C12H23NO/c1-6-10(4)9-12(14)13(8-3)11(5)7-2/h11H,4,6-9H2,1-3,5H3. The molecule has 82 valence electrons. The van der Waals surface area contributed by atoms with Gasteiger partial charge in [0.2, 0.25) is 5.91 Å². The van der Waals surface area contributed by atoms with Crippen molar-refractivity contribution in [3.63, 3.8) is 0 Å². The number of carbonyl (C=O) groups is 1. The van der Waals surface area contributed by atoms with Crippen LogP contribution in [0.15, 0.2) is 12.2 Å². The molecule has 2 nitrogen and oxygen atoms in total. The van der Waals surface area contributed by atoms with Gasteiger partial charge in [-0.1, -0.05) is 26.0 Å². The first-order valence-corrected chi connectivity index (χ1v) is 5.52. The lowest BCUT2D eigenvalue weighted by Gasteiger charge is -2.27. The Morgan fingerprint density at radius 3 is 2.29 bits per heavy atom. The molecule has 0 fully saturated rings. The minimum absolute atomic E-state index is 0.216. The van der Waals surface area contributed by atoms with Crippen LogP contribution in [-0.2, 0) is 4.79 Å². The highest BCUT2D eigenvalue weighted by Crippen LogP contribution is 2.10. The number of amides is 1. The molecule has 0 aromatic rings. The second-order valence-corrected chi connectivity index (χ2v) is 3.72. The predicted octanol–water partition coefficient (Wildman–Crippen LogP) is 2.99. The second-order valence-electron chi connectivity index (χ2n) is 3.72. The zero-order valence-corrected chi connectivity index (χ0v) is 9.97. The molecule has 0 aliphatic rings. The third-order valence-corrected chi connectivity index (χ3v) is 2.69. The van der Waals surface area contributed by atoms with Gasteiger partial charge in [0, 0.05) is 19.0 Å². The largest absolute Gasteiger partial charge is 0.340 e. The van der Waals surface area contributed by atoms with Crippen LogP contribution < -0.4 is 0 Å². The summed E-state index contributed by atoms with van der Waals surface area (Å²) < 4.78 is 0. The van der Waals surface area contributed by atoms with Gasteiger partial charge in [-0.05, 0) is 26.7 Å². The Morgan fingerprint density at radius 2 is 1.93 bits per heavy atom. The number of hydrogen-bond acceptors (Lipinski definition) is 1. The average Bonchev–Trinajstić information content (AvgIpc) is 2.18. The zero-order valence-electron chi connectivity index (χ0n) is 9.97. The minimum atomic E-state index is 0.216. The van der Waals surface area contributed by atoms with Crippen molar-refractivity contribution in [1.82, 2.24) is 4.90 Å². The van der Waals surface area contributed by atoms with Crippen molar-refractivity contribution in [2.24, 2.45) is 0 Å². The third-order valence-electron chi connectivity index (χ3n) is 2.69. The fraction of sp³-hybridized carbons (Fsp3) is 0.750. The maximum absolute atomic E-state index is 11.8. The van der Waals surface area contributed by atoms with Crippen LogP contribution in [-0.4, -0.2) is 23.4 Å². The van der Waals surface area contributed by atoms with Gasteiger partial charge in [-0.2, -0.15) is 0 Å². The molecule has 0 saturated heterocycles. The summed E-state index contributed by atoms with van der Waals surface area (Å²) in [7, 11) is 0. The maximum Gasteiger partial charge on any atom is 0.226 e. The Morgan fingerprint density at radius 1 is 1.36 bits per heavy atom. The van der Waals surface area contributed by atoms with Crippen LogP contribution in [0.25, 0.3) is 0 Å². The molecule has 0 bridgehead atoms. The molecule has 0 aromatic carbocycles. The molecule has 2 heteroatoms. The fourth-order valence-corrected chi connectivity index (χ4v) is 1.39. The lowest BCUT2D eigenvalue weighted by atomic mass is 10.1. The Labute approximate surface area is 88.0 Å². The molecule has 0 aromatic heterocycles. The van der Waals surface area contributed by atoms with Crippen LogP contribution in [0.2, 0.25) is 0 Å². The molecular weight excluding hydrogens is 174 g/mol. The van der Waals surface area contributed by atoms with Crippen LogP contribution in [0.5, 0.6) is 0 Å². The highest BCUT2D eigenvalue weighted by Gasteiger charge is 2.16. The molecule has 1 amide bonds. The van der Waals surface area contributed by atoms with Crippen LogP contribution in [0.4, 0.5) is 0 Å². The van der Waals surface area contributed by atoms with Crippen LogP contribution in [0.1, 0.15) is 47.0 Å². The van der Waals surface area contributed by atoms with Crippen molar-refractivity contribution < 1.29 is 4.79 Å². The van der Waals surface area contributed by atoms with E-state index in [2.05, 4.69) is 20.4 Å². The van der Waals surface area contributed by atoms with Gasteiger partial charge in [-0.15, -0.1) is 0 Å². The van der Waals surface area contributed by atoms with Crippen LogP contribution in [0.3, 0.4) is 0 Å². The van der Waals surface area contributed by atoms with Crippen LogP contribution >= 0.6 is 0 Å². The number of nitrogens with zero attached hydrogens (tertiary/aromatic N) is 1. The van der Waals surface area contributed by atoms with E-state index < -0.39 is 0 Å². The van der Waals surface area contributed by atoms with Crippen molar-refractivity contribution in [1.29, 1.82) is 0 Å². The first kappa shape index (κ1) is 13.2. The molecule has 1 unspecified atom stereocenters. The summed E-state index contributed by atoms with van der Waals surface area (Å²) in [6.07, 6.45) is 2.41. The van der Waals surface area contributed by atoms with Gasteiger partial charge in [-0.25, -0.2) is 0 Å². The summed E-state index contributed by atoms with van der Waals surface area (Å²) in [6, 6.07) is 0.345. The lowest BCUT2D eigenvalue weighted by Crippen LogP contribution is -2.38. The van der Waals surface area contributed by atoms with E-state index in [1.54, 1.807) is 0 Å². The maximum atomic E-state index is 11.8. The molecule has 0 spiro atoms. The predicted molar refractivity (Wildman–Crippen MR) is 61.2 cm³/mol. The van der Waals surface area contributed by atoms with Crippen molar-refractivity contribution >= 4 is 5.91 Å². The highest BCUT2D eigenvalue weighted by molar-refractivity contribution is 5.78. The van der Waals surface area contributed by atoms with E-state index in [0.717, 1.165) is 25.0 Å². The zero-order chi connectivity index (χ0) is 11.1. The van der Waals surface area contributed by atoms with Crippen molar-refractivity contribution in [2.45, 2.75) is 53.0 Å². The second kappa shape index (κ2) is 6.63. The smallest absolute Gasteiger partial charge is 0.226 e. The van der Waals surface area contributed by atoms with Crippen molar-refractivity contribution in [3.05, 3.63) is 12.2 Å². The van der Waals surface area contributed by atoms with E-state index >= 15 is 0 Å². The van der Waals surface area contributed by atoms with Gasteiger partial charge in [0.05, 0.1) is 0 Å². The topological polar surface area (TPSA) is 20.3 Å². The summed E-state index contributed by atoms with van der Waals surface area (Å²) >= 11 is 0. The summed E-state index contributed by atoms with van der Waals surface area (Å²) in [4.78, 5) is 13.7. The monoisotopic (exact) mass is 197 g/mol. The molecule has 0 N–H and O–H groups in total. The molecule has 0 radical (unpaired) electrons. The average molecular weight is 197 g/mol. The van der Waals surface area contributed by atoms with E-state index in [9.17, 15) is 4.79 Å². The summed E-state index contributed by atoms with van der Waals surface area (Å²) in [5.74, 6) is 0.216. The molecular formula is C12H23NO. The summed E-state index contributed by atoms with van der Waals surface area (Å²) in [6.45, 7) is 12.9. The Bertz CT molecular complexity index is 198. The molecule has 0 saturated carbocycles. The Hall–Kier alpha value is -0.790. The van der Waals surface area contributed by atoms with Gasteiger partial charge < -0.3 is 4.90 Å². The molecule has 0 aliphatic heterocycles. The van der Waals surface area contributed by atoms with Gasteiger partial charge in [0.15, 0.2) is 0 Å². The highest BCUT2D eigenvalue weighted by atomic mass is 16.2. The van der Waals surface area contributed by atoms with E-state index in [1.165, 1.54) is 0 Å². The minimum Gasteiger partial charge on any atom is -0.340 e. The van der Waals surface area contributed by atoms with E-state index in [4.69, 9.17) is 0 Å².